The minimum Gasteiger partial charge on any atom is -0.467 e. The molecule has 0 saturated heterocycles. The van der Waals surface area contributed by atoms with Gasteiger partial charge in [-0.25, -0.2) is 9.79 Å². The van der Waals surface area contributed by atoms with Crippen molar-refractivity contribution in [3.05, 3.63) is 35.9 Å². The number of aliphatic imine (C=N–C) groups is 1. The first kappa shape index (κ1) is 13.4. The van der Waals surface area contributed by atoms with Gasteiger partial charge in [0.05, 0.1) is 7.11 Å². The quantitative estimate of drug-likeness (QED) is 0.775. The molecular weight excluding hydrogens is 263 g/mol. The van der Waals surface area contributed by atoms with Crippen LogP contribution >= 0.6 is 0 Å². The second-order valence-corrected chi connectivity index (χ2v) is 3.90. The predicted octanol–water partition coefficient (Wildman–Crippen LogP) is 2.04. The number of benzene rings is 1. The highest BCUT2D eigenvalue weighted by Gasteiger charge is 2.67. The van der Waals surface area contributed by atoms with Gasteiger partial charge in [-0.05, 0) is 0 Å². The van der Waals surface area contributed by atoms with Crippen LogP contribution in [0.2, 0.25) is 0 Å². The van der Waals surface area contributed by atoms with Crippen LogP contribution in [0, 0.1) is 0 Å². The van der Waals surface area contributed by atoms with Crippen molar-refractivity contribution in [2.45, 2.75) is 17.8 Å². The summed E-state index contributed by atoms with van der Waals surface area (Å²) in [5.74, 6) is -1.10. The van der Waals surface area contributed by atoms with E-state index in [1.807, 2.05) is 0 Å². The molecule has 1 aromatic carbocycles. The molecule has 1 heterocycles. The lowest BCUT2D eigenvalue weighted by Crippen LogP contribution is -2.53. The van der Waals surface area contributed by atoms with Crippen LogP contribution in [0.4, 0.5) is 13.2 Å². The molecular formula is C12H10F3NO3. The summed E-state index contributed by atoms with van der Waals surface area (Å²) in [4.78, 5) is 15.0. The summed E-state index contributed by atoms with van der Waals surface area (Å²) in [6.45, 7) is 0. The van der Waals surface area contributed by atoms with Crippen molar-refractivity contribution in [3.63, 3.8) is 0 Å². The lowest BCUT2D eigenvalue weighted by molar-refractivity contribution is -0.259. The third-order valence-corrected chi connectivity index (χ3v) is 2.88. The zero-order chi connectivity index (χ0) is 14.1. The molecule has 2 atom stereocenters. The molecule has 102 valence electrons. The van der Waals surface area contributed by atoms with Crippen molar-refractivity contribution in [1.82, 2.24) is 0 Å². The normalized spacial score (nSPS) is 26.0. The van der Waals surface area contributed by atoms with Gasteiger partial charge in [-0.15, -0.1) is 0 Å². The minimum atomic E-state index is -4.82. The predicted molar refractivity (Wildman–Crippen MR) is 59.6 cm³/mol. The second-order valence-electron chi connectivity index (χ2n) is 3.90. The smallest absolute Gasteiger partial charge is 0.435 e. The largest absolute Gasteiger partial charge is 0.467 e. The highest BCUT2D eigenvalue weighted by molar-refractivity contribution is 5.81. The molecule has 0 aromatic heterocycles. The molecule has 0 aliphatic carbocycles. The summed E-state index contributed by atoms with van der Waals surface area (Å²) in [6, 6.07) is 5.09. The van der Waals surface area contributed by atoms with Crippen molar-refractivity contribution >= 4 is 12.4 Å². The van der Waals surface area contributed by atoms with E-state index in [0.717, 1.165) is 7.11 Å². The van der Waals surface area contributed by atoms with Gasteiger partial charge in [-0.1, -0.05) is 30.3 Å². The van der Waals surface area contributed by atoms with E-state index >= 15 is 0 Å². The lowest BCUT2D eigenvalue weighted by Gasteiger charge is -2.33. The SMILES string of the molecule is COC(=O)[C@@H]1N=CO[C@@]1(c1ccccc1)C(F)(F)F. The maximum atomic E-state index is 13.4. The molecule has 0 radical (unpaired) electrons. The van der Waals surface area contributed by atoms with Gasteiger partial charge in [0.1, 0.15) is 0 Å². The molecule has 1 aliphatic heterocycles. The number of nitrogens with zero attached hydrogens (tertiary/aromatic N) is 1. The third-order valence-electron chi connectivity index (χ3n) is 2.88. The van der Waals surface area contributed by atoms with Gasteiger partial charge in [-0.3, -0.25) is 0 Å². The Kier molecular flexibility index (Phi) is 3.21. The van der Waals surface area contributed by atoms with Crippen LogP contribution in [0.1, 0.15) is 5.56 Å². The first-order valence-corrected chi connectivity index (χ1v) is 5.33. The van der Waals surface area contributed by atoms with Gasteiger partial charge in [-0.2, -0.15) is 13.2 Å². The Balaban J connectivity index is 2.57. The molecule has 0 bridgehead atoms. The van der Waals surface area contributed by atoms with E-state index in [-0.39, 0.29) is 5.56 Å². The maximum absolute atomic E-state index is 13.4. The number of carbonyl (C=O) groups excluding carboxylic acids is 1. The Hall–Kier alpha value is -2.05. The number of esters is 1. The Bertz CT molecular complexity index is 501. The standard InChI is InChI=1S/C12H10F3NO3/c1-18-10(17)9-11(12(13,14)15,19-7-16-9)8-5-3-2-4-6-8/h2-7,9H,1H3/t9-,11+/m0/s1. The van der Waals surface area contributed by atoms with Crippen molar-refractivity contribution in [2.75, 3.05) is 7.11 Å². The minimum absolute atomic E-state index is 0.199. The van der Waals surface area contributed by atoms with Crippen LogP contribution in [0.15, 0.2) is 35.3 Å². The van der Waals surface area contributed by atoms with Crippen molar-refractivity contribution < 1.29 is 27.4 Å². The fraction of sp³-hybridized carbons (Fsp3) is 0.333. The van der Waals surface area contributed by atoms with Crippen LogP contribution in [-0.2, 0) is 19.9 Å². The molecule has 0 unspecified atom stereocenters. The van der Waals surface area contributed by atoms with Crippen molar-refractivity contribution in [3.8, 4) is 0 Å². The van der Waals surface area contributed by atoms with Crippen LogP contribution in [0.3, 0.4) is 0 Å². The molecule has 0 saturated carbocycles. The molecule has 7 heteroatoms. The van der Waals surface area contributed by atoms with Crippen LogP contribution in [-0.4, -0.2) is 31.7 Å². The first-order chi connectivity index (χ1) is 8.93. The summed E-state index contributed by atoms with van der Waals surface area (Å²) in [5.41, 5.74) is -3.03. The summed E-state index contributed by atoms with van der Waals surface area (Å²) in [7, 11) is 1.00. The Morgan fingerprint density at radius 1 is 1.37 bits per heavy atom. The van der Waals surface area contributed by atoms with Crippen molar-refractivity contribution in [2.24, 2.45) is 4.99 Å². The first-order valence-electron chi connectivity index (χ1n) is 5.33. The second kappa shape index (κ2) is 4.56. The van der Waals surface area contributed by atoms with E-state index in [4.69, 9.17) is 4.74 Å². The van der Waals surface area contributed by atoms with Crippen LogP contribution < -0.4 is 0 Å². The van der Waals surface area contributed by atoms with Crippen molar-refractivity contribution in [1.29, 1.82) is 0 Å². The fourth-order valence-corrected chi connectivity index (χ4v) is 1.98. The number of alkyl halides is 3. The molecule has 0 N–H and O–H groups in total. The van der Waals surface area contributed by atoms with Gasteiger partial charge in [0, 0.05) is 5.56 Å². The molecule has 0 spiro atoms. The topological polar surface area (TPSA) is 47.9 Å². The van der Waals surface area contributed by atoms with E-state index in [0.29, 0.717) is 6.40 Å². The summed E-state index contributed by atoms with van der Waals surface area (Å²) >= 11 is 0. The molecule has 2 rings (SSSR count). The number of hydrogen-bond donors (Lipinski definition) is 0. The fourth-order valence-electron chi connectivity index (χ4n) is 1.98. The number of ether oxygens (including phenoxy) is 2. The number of carbonyl (C=O) groups is 1. The molecule has 4 nitrogen and oxygen atoms in total. The monoisotopic (exact) mass is 273 g/mol. The summed E-state index contributed by atoms with van der Waals surface area (Å²) < 4.78 is 49.4. The highest BCUT2D eigenvalue weighted by atomic mass is 19.4. The van der Waals surface area contributed by atoms with E-state index in [2.05, 4.69) is 9.73 Å². The Morgan fingerprint density at radius 3 is 2.53 bits per heavy atom. The summed E-state index contributed by atoms with van der Waals surface area (Å²) in [5, 5.41) is 0. The van der Waals surface area contributed by atoms with Crippen LogP contribution in [0.5, 0.6) is 0 Å². The molecule has 1 aliphatic rings. The average molecular weight is 273 g/mol. The van der Waals surface area contributed by atoms with Gasteiger partial charge >= 0.3 is 12.1 Å². The van der Waals surface area contributed by atoms with Gasteiger partial charge in [0.15, 0.2) is 6.40 Å². The average Bonchev–Trinajstić information content (AvgIpc) is 2.84. The van der Waals surface area contributed by atoms with Gasteiger partial charge in [0.2, 0.25) is 6.04 Å². The van der Waals surface area contributed by atoms with E-state index in [1.54, 1.807) is 6.07 Å². The van der Waals surface area contributed by atoms with Crippen LogP contribution in [0.25, 0.3) is 0 Å². The molecule has 0 amide bonds. The van der Waals surface area contributed by atoms with E-state index < -0.39 is 23.8 Å². The maximum Gasteiger partial charge on any atom is 0.435 e. The Labute approximate surface area is 106 Å². The zero-order valence-corrected chi connectivity index (χ0v) is 9.85. The third kappa shape index (κ3) is 1.94. The van der Waals surface area contributed by atoms with E-state index in [1.165, 1.54) is 24.3 Å². The number of halogens is 3. The molecule has 0 fully saturated rings. The number of hydrogen-bond acceptors (Lipinski definition) is 4. The van der Waals surface area contributed by atoms with Gasteiger partial charge in [0.25, 0.3) is 5.60 Å². The summed E-state index contributed by atoms with van der Waals surface area (Å²) in [6.07, 6.45) is -4.17. The molecule has 19 heavy (non-hydrogen) atoms. The lowest BCUT2D eigenvalue weighted by atomic mass is 9.86. The highest BCUT2D eigenvalue weighted by Crippen LogP contribution is 2.48. The van der Waals surface area contributed by atoms with Gasteiger partial charge < -0.3 is 9.47 Å². The zero-order valence-electron chi connectivity index (χ0n) is 9.85. The Morgan fingerprint density at radius 2 is 2.00 bits per heavy atom. The van der Waals surface area contributed by atoms with E-state index in [9.17, 15) is 18.0 Å². The molecule has 1 aromatic rings. The number of rotatable bonds is 2. The number of methoxy groups -OCH3 is 1.